The lowest BCUT2D eigenvalue weighted by Crippen LogP contribution is -2.29. The van der Waals surface area contributed by atoms with Crippen LogP contribution in [0.1, 0.15) is 34.7 Å². The number of hydrogen-bond acceptors (Lipinski definition) is 6. The highest BCUT2D eigenvalue weighted by Gasteiger charge is 2.53. The van der Waals surface area contributed by atoms with Crippen molar-refractivity contribution in [3.05, 3.63) is 51.7 Å². The number of nitrogens with zero attached hydrogens (tertiary/aromatic N) is 4. The molecule has 0 radical (unpaired) electrons. The lowest BCUT2D eigenvalue weighted by molar-refractivity contribution is -0.120. The highest BCUT2D eigenvalue weighted by atomic mass is 35.5. The maximum absolute atomic E-state index is 13.0. The number of methoxy groups -OCH3 is 1. The molecule has 1 aliphatic carbocycles. The lowest BCUT2D eigenvalue weighted by Gasteiger charge is -2.08. The molecule has 1 aliphatic rings. The normalized spacial score (nSPS) is 14.8. The summed E-state index contributed by atoms with van der Waals surface area (Å²) in [6.07, 6.45) is 3.96. The summed E-state index contributed by atoms with van der Waals surface area (Å²) in [4.78, 5) is 33.2. The largest absolute Gasteiger partial charge is 0.493 e. The fourth-order valence-electron chi connectivity index (χ4n) is 3.08. The summed E-state index contributed by atoms with van der Waals surface area (Å²) >= 11 is 12.3. The van der Waals surface area contributed by atoms with Crippen LogP contribution in [0.3, 0.4) is 0 Å². The molecule has 2 N–H and O–H groups in total. The maximum atomic E-state index is 13.0. The van der Waals surface area contributed by atoms with Gasteiger partial charge in [-0.3, -0.25) is 14.6 Å². The third kappa shape index (κ3) is 2.89. The number of primary amides is 1. The average molecular weight is 420 g/mol. The summed E-state index contributed by atoms with van der Waals surface area (Å²) < 4.78 is 6.70. The maximum Gasteiger partial charge on any atom is 0.231 e. The van der Waals surface area contributed by atoms with Crippen molar-refractivity contribution in [3.8, 4) is 5.75 Å². The van der Waals surface area contributed by atoms with Crippen LogP contribution in [-0.4, -0.2) is 38.4 Å². The predicted octanol–water partition coefficient (Wildman–Crippen LogP) is 2.38. The molecule has 0 aromatic carbocycles. The van der Waals surface area contributed by atoms with Gasteiger partial charge in [0.2, 0.25) is 5.91 Å². The van der Waals surface area contributed by atoms with Gasteiger partial charge in [-0.25, -0.2) is 9.50 Å². The summed E-state index contributed by atoms with van der Waals surface area (Å²) in [5.74, 6) is -0.0392. The van der Waals surface area contributed by atoms with Gasteiger partial charge in [0.1, 0.15) is 11.1 Å². The molecule has 1 fully saturated rings. The number of hydrogen-bond donors (Lipinski definition) is 1. The van der Waals surface area contributed by atoms with E-state index in [-0.39, 0.29) is 17.9 Å². The van der Waals surface area contributed by atoms with E-state index in [1.807, 2.05) is 0 Å². The first-order valence-electron chi connectivity index (χ1n) is 8.42. The number of rotatable bonds is 6. The zero-order chi connectivity index (χ0) is 20.1. The Hall–Kier alpha value is -2.71. The Balaban J connectivity index is 1.80. The highest BCUT2D eigenvalue weighted by Crippen LogP contribution is 2.46. The van der Waals surface area contributed by atoms with E-state index in [0.29, 0.717) is 45.7 Å². The SMILES string of the molecule is COc1ccc(C(=O)Cc2c(Cl)cncc2Cl)n2nc(C3(C(N)=O)CC3)nc12. The molecule has 0 bridgehead atoms. The number of carbonyl (C=O) groups excluding carboxylic acids is 2. The Morgan fingerprint density at radius 2 is 1.93 bits per heavy atom. The first-order valence-corrected chi connectivity index (χ1v) is 9.18. The zero-order valence-corrected chi connectivity index (χ0v) is 16.3. The molecule has 1 amide bonds. The van der Waals surface area contributed by atoms with Crippen molar-refractivity contribution in [2.45, 2.75) is 24.7 Å². The summed E-state index contributed by atoms with van der Waals surface area (Å²) in [5, 5.41) is 5.01. The van der Waals surface area contributed by atoms with Crippen molar-refractivity contribution in [2.24, 2.45) is 5.73 Å². The van der Waals surface area contributed by atoms with E-state index in [0.717, 1.165) is 0 Å². The van der Waals surface area contributed by atoms with Gasteiger partial charge in [-0.15, -0.1) is 5.10 Å². The average Bonchev–Trinajstić information content (AvgIpc) is 3.36. The van der Waals surface area contributed by atoms with Crippen LogP contribution < -0.4 is 10.5 Å². The van der Waals surface area contributed by atoms with E-state index >= 15 is 0 Å². The molecule has 3 aromatic heterocycles. The lowest BCUT2D eigenvalue weighted by atomic mass is 10.1. The number of fused-ring (bicyclic) bond motifs is 1. The van der Waals surface area contributed by atoms with Crippen molar-refractivity contribution < 1.29 is 14.3 Å². The Labute approximate surface area is 169 Å². The number of amides is 1. The van der Waals surface area contributed by atoms with Gasteiger partial charge in [0.15, 0.2) is 23.0 Å². The van der Waals surface area contributed by atoms with Crippen LogP contribution >= 0.6 is 23.2 Å². The van der Waals surface area contributed by atoms with E-state index in [1.165, 1.54) is 24.0 Å². The summed E-state index contributed by atoms with van der Waals surface area (Å²) in [6.45, 7) is 0. The second-order valence-corrected chi connectivity index (χ2v) is 7.40. The van der Waals surface area contributed by atoms with Gasteiger partial charge < -0.3 is 10.5 Å². The molecule has 0 aliphatic heterocycles. The van der Waals surface area contributed by atoms with Gasteiger partial charge in [-0.05, 0) is 25.0 Å². The molecule has 3 aromatic rings. The molecule has 0 saturated heterocycles. The smallest absolute Gasteiger partial charge is 0.231 e. The summed E-state index contributed by atoms with van der Waals surface area (Å²) in [6, 6.07) is 3.21. The Morgan fingerprint density at radius 3 is 2.50 bits per heavy atom. The highest BCUT2D eigenvalue weighted by molar-refractivity contribution is 6.36. The van der Waals surface area contributed by atoms with Crippen LogP contribution in [0.2, 0.25) is 10.0 Å². The monoisotopic (exact) mass is 419 g/mol. The zero-order valence-electron chi connectivity index (χ0n) is 14.8. The van der Waals surface area contributed by atoms with Gasteiger partial charge in [0.05, 0.1) is 17.2 Å². The first kappa shape index (κ1) is 18.6. The fourth-order valence-corrected chi connectivity index (χ4v) is 3.57. The molecular formula is C18H15Cl2N5O3. The predicted molar refractivity (Wildman–Crippen MR) is 102 cm³/mol. The van der Waals surface area contributed by atoms with E-state index < -0.39 is 11.3 Å². The van der Waals surface area contributed by atoms with Crippen LogP contribution in [0.5, 0.6) is 5.75 Å². The van der Waals surface area contributed by atoms with Crippen molar-refractivity contribution in [1.82, 2.24) is 19.6 Å². The Kier molecular flexibility index (Phi) is 4.47. The third-order valence-electron chi connectivity index (χ3n) is 4.89. The number of nitrogens with two attached hydrogens (primary N) is 1. The number of halogens is 2. The molecule has 0 atom stereocenters. The minimum absolute atomic E-state index is 0.0439. The first-order chi connectivity index (χ1) is 13.4. The number of ketones is 1. The van der Waals surface area contributed by atoms with Gasteiger partial charge in [-0.1, -0.05) is 23.2 Å². The van der Waals surface area contributed by atoms with Crippen LogP contribution in [0.25, 0.3) is 5.65 Å². The molecule has 28 heavy (non-hydrogen) atoms. The van der Waals surface area contributed by atoms with Crippen molar-refractivity contribution >= 4 is 40.5 Å². The molecule has 3 heterocycles. The summed E-state index contributed by atoms with van der Waals surface area (Å²) in [7, 11) is 1.49. The van der Waals surface area contributed by atoms with E-state index in [2.05, 4.69) is 15.1 Å². The minimum Gasteiger partial charge on any atom is -0.493 e. The molecule has 144 valence electrons. The van der Waals surface area contributed by atoms with E-state index in [4.69, 9.17) is 33.7 Å². The van der Waals surface area contributed by atoms with Crippen LogP contribution in [0, 0.1) is 0 Å². The van der Waals surface area contributed by atoms with E-state index in [1.54, 1.807) is 12.1 Å². The second-order valence-electron chi connectivity index (χ2n) is 6.59. The topological polar surface area (TPSA) is 112 Å². The van der Waals surface area contributed by atoms with Crippen LogP contribution in [0.4, 0.5) is 0 Å². The molecule has 8 nitrogen and oxygen atoms in total. The van der Waals surface area contributed by atoms with Crippen molar-refractivity contribution in [3.63, 3.8) is 0 Å². The third-order valence-corrected chi connectivity index (χ3v) is 5.54. The number of Topliss-reactive ketones (excluding diaryl/α,β-unsaturated/α-hetero) is 1. The standard InChI is InChI=1S/C18H15Cl2N5O3/c1-28-14-3-2-12(13(26)6-9-10(19)7-22-8-11(9)20)25-15(14)23-17(24-25)18(4-5-18)16(21)27/h2-3,7-8H,4-6H2,1H3,(H2,21,27). The molecular weight excluding hydrogens is 405 g/mol. The quantitative estimate of drug-likeness (QED) is 0.613. The number of pyridine rings is 2. The molecule has 0 spiro atoms. The summed E-state index contributed by atoms with van der Waals surface area (Å²) in [5.41, 5.74) is 5.72. The minimum atomic E-state index is -0.880. The molecule has 10 heteroatoms. The van der Waals surface area contributed by atoms with Crippen molar-refractivity contribution in [2.75, 3.05) is 7.11 Å². The fraction of sp³-hybridized carbons (Fsp3) is 0.278. The Morgan fingerprint density at radius 1 is 1.25 bits per heavy atom. The Bertz CT molecular complexity index is 1100. The second kappa shape index (κ2) is 6.72. The number of ether oxygens (including phenoxy) is 1. The number of carbonyl (C=O) groups is 2. The van der Waals surface area contributed by atoms with Crippen LogP contribution in [-0.2, 0) is 16.6 Å². The van der Waals surface area contributed by atoms with Gasteiger partial charge in [-0.2, -0.15) is 0 Å². The van der Waals surface area contributed by atoms with Gasteiger partial charge >= 0.3 is 0 Å². The van der Waals surface area contributed by atoms with Crippen LogP contribution in [0.15, 0.2) is 24.5 Å². The van der Waals surface area contributed by atoms with Crippen molar-refractivity contribution in [1.29, 1.82) is 0 Å². The molecule has 0 unspecified atom stereocenters. The molecule has 1 saturated carbocycles. The van der Waals surface area contributed by atoms with Gasteiger partial charge in [0.25, 0.3) is 0 Å². The van der Waals surface area contributed by atoms with E-state index in [9.17, 15) is 9.59 Å². The van der Waals surface area contributed by atoms with Gasteiger partial charge in [0, 0.05) is 24.4 Å². The molecule has 4 rings (SSSR count). The number of aromatic nitrogens is 4.